The summed E-state index contributed by atoms with van der Waals surface area (Å²) < 4.78 is 0. The van der Waals surface area contributed by atoms with E-state index < -0.39 is 0 Å². The van der Waals surface area contributed by atoms with Gasteiger partial charge in [0.2, 0.25) is 5.91 Å². The molecule has 1 fully saturated rings. The van der Waals surface area contributed by atoms with E-state index in [1.54, 1.807) is 6.20 Å². The van der Waals surface area contributed by atoms with Crippen molar-refractivity contribution in [2.45, 2.75) is 58.0 Å². The molecule has 0 spiro atoms. The molecule has 0 saturated carbocycles. The van der Waals surface area contributed by atoms with Crippen LogP contribution in [0.4, 0.5) is 0 Å². The van der Waals surface area contributed by atoms with Gasteiger partial charge in [0.05, 0.1) is 12.2 Å². The van der Waals surface area contributed by atoms with Crippen LogP contribution in [0.5, 0.6) is 0 Å². The van der Waals surface area contributed by atoms with Gasteiger partial charge in [0, 0.05) is 30.6 Å². The number of nitrogens with one attached hydrogen (secondary N) is 1. The topological polar surface area (TPSA) is 62.3 Å². The van der Waals surface area contributed by atoms with Crippen molar-refractivity contribution in [3.8, 4) is 0 Å². The monoisotopic (exact) mass is 429 g/mol. The van der Waals surface area contributed by atoms with E-state index >= 15 is 0 Å². The van der Waals surface area contributed by atoms with E-state index in [0.29, 0.717) is 12.1 Å². The molecule has 162 valence electrons. The van der Waals surface area contributed by atoms with Crippen molar-refractivity contribution in [3.05, 3.63) is 65.5 Å². The zero-order valence-electron chi connectivity index (χ0n) is 17.7. The second-order valence-electron chi connectivity index (χ2n) is 7.65. The first-order chi connectivity index (χ1) is 14.2. The predicted molar refractivity (Wildman–Crippen MR) is 122 cm³/mol. The first-order valence-electron chi connectivity index (χ1n) is 10.7. The van der Waals surface area contributed by atoms with Crippen LogP contribution in [0.2, 0.25) is 0 Å². The highest BCUT2D eigenvalue weighted by atomic mass is 35.5. The Balaban J connectivity index is 0.00000320. The molecule has 1 unspecified atom stereocenters. The molecule has 0 bridgehead atoms. The van der Waals surface area contributed by atoms with Crippen LogP contribution in [-0.4, -0.2) is 40.7 Å². The molecule has 30 heavy (non-hydrogen) atoms. The summed E-state index contributed by atoms with van der Waals surface area (Å²) in [7, 11) is 0. The minimum atomic E-state index is 0. The Morgan fingerprint density at radius 1 is 1.07 bits per heavy atom. The zero-order valence-corrected chi connectivity index (χ0v) is 18.5. The minimum absolute atomic E-state index is 0. The van der Waals surface area contributed by atoms with Gasteiger partial charge in [-0.2, -0.15) is 0 Å². The second kappa shape index (κ2) is 12.5. The lowest BCUT2D eigenvalue weighted by molar-refractivity contribution is -0.134. The molecule has 0 aliphatic carbocycles. The molecule has 1 N–H and O–H groups in total. The Morgan fingerprint density at radius 3 is 2.57 bits per heavy atom. The van der Waals surface area contributed by atoms with Crippen LogP contribution in [0.15, 0.2) is 48.7 Å². The predicted octanol–water partition coefficient (Wildman–Crippen LogP) is 4.20. The summed E-state index contributed by atoms with van der Waals surface area (Å²) >= 11 is 0. The van der Waals surface area contributed by atoms with Gasteiger partial charge < -0.3 is 10.2 Å². The Kier molecular flexibility index (Phi) is 9.98. The molecule has 1 atom stereocenters. The number of Topliss-reactive ketones (excluding diaryl/α,β-unsaturated/α-hetero) is 1. The number of pyridine rings is 1. The number of amides is 1. The number of benzene rings is 1. The minimum Gasteiger partial charge on any atom is -0.334 e. The SMILES string of the molecule is CCc1ccc(C(=O)CCC(=O)N(Cc2ccccn2)C2CCCNCC2)cc1.Cl. The van der Waals surface area contributed by atoms with Gasteiger partial charge in [-0.3, -0.25) is 14.6 Å². The van der Waals surface area contributed by atoms with Crippen molar-refractivity contribution in [2.24, 2.45) is 0 Å². The maximum atomic E-state index is 13.1. The van der Waals surface area contributed by atoms with Crippen LogP contribution >= 0.6 is 12.4 Å². The van der Waals surface area contributed by atoms with E-state index in [1.165, 1.54) is 5.56 Å². The lowest BCUT2D eigenvalue weighted by Crippen LogP contribution is -2.40. The highest BCUT2D eigenvalue weighted by Gasteiger charge is 2.25. The third-order valence-electron chi connectivity index (χ3n) is 5.61. The third-order valence-corrected chi connectivity index (χ3v) is 5.61. The van der Waals surface area contributed by atoms with Crippen LogP contribution in [0, 0.1) is 0 Å². The van der Waals surface area contributed by atoms with Crippen LogP contribution in [-0.2, 0) is 17.8 Å². The first-order valence-corrected chi connectivity index (χ1v) is 10.7. The summed E-state index contributed by atoms with van der Waals surface area (Å²) in [5, 5.41) is 3.41. The van der Waals surface area contributed by atoms with Crippen molar-refractivity contribution in [2.75, 3.05) is 13.1 Å². The summed E-state index contributed by atoms with van der Waals surface area (Å²) in [5.74, 6) is 0.0717. The number of nitrogens with zero attached hydrogens (tertiary/aromatic N) is 2. The molecule has 1 aliphatic rings. The van der Waals surface area contributed by atoms with E-state index in [4.69, 9.17) is 0 Å². The Bertz CT molecular complexity index is 788. The number of carbonyl (C=O) groups is 2. The maximum absolute atomic E-state index is 13.1. The number of aromatic nitrogens is 1. The molecule has 1 aromatic heterocycles. The number of carbonyl (C=O) groups excluding carboxylic acids is 2. The Hall–Kier alpha value is -2.24. The number of hydrogen-bond acceptors (Lipinski definition) is 4. The fourth-order valence-corrected chi connectivity index (χ4v) is 3.83. The van der Waals surface area contributed by atoms with Crippen molar-refractivity contribution in [1.82, 2.24) is 15.2 Å². The van der Waals surface area contributed by atoms with Gasteiger partial charge in [-0.05, 0) is 56.5 Å². The molecular weight excluding hydrogens is 398 g/mol. The van der Waals surface area contributed by atoms with Crippen LogP contribution < -0.4 is 5.32 Å². The molecular formula is C24H32ClN3O2. The fraction of sp³-hybridized carbons (Fsp3) is 0.458. The zero-order chi connectivity index (χ0) is 20.5. The van der Waals surface area contributed by atoms with Gasteiger partial charge in [-0.25, -0.2) is 0 Å². The molecule has 5 nitrogen and oxygen atoms in total. The molecule has 2 aromatic rings. The summed E-state index contributed by atoms with van der Waals surface area (Å²) in [5.41, 5.74) is 2.78. The average Bonchev–Trinajstić information content (AvgIpc) is 3.06. The van der Waals surface area contributed by atoms with Gasteiger partial charge in [0.15, 0.2) is 5.78 Å². The van der Waals surface area contributed by atoms with Crippen LogP contribution in [0.1, 0.15) is 60.6 Å². The summed E-state index contributed by atoms with van der Waals surface area (Å²) in [6.07, 6.45) is 6.17. The molecule has 1 saturated heterocycles. The van der Waals surface area contributed by atoms with E-state index in [9.17, 15) is 9.59 Å². The number of ketones is 1. The van der Waals surface area contributed by atoms with E-state index in [1.807, 2.05) is 47.4 Å². The van der Waals surface area contributed by atoms with Crippen molar-refractivity contribution in [3.63, 3.8) is 0 Å². The van der Waals surface area contributed by atoms with Gasteiger partial charge >= 0.3 is 0 Å². The molecule has 1 aromatic carbocycles. The molecule has 1 amide bonds. The van der Waals surface area contributed by atoms with Crippen LogP contribution in [0.25, 0.3) is 0 Å². The van der Waals surface area contributed by atoms with E-state index in [0.717, 1.165) is 44.5 Å². The normalized spacial score (nSPS) is 16.2. The smallest absolute Gasteiger partial charge is 0.223 e. The largest absolute Gasteiger partial charge is 0.334 e. The summed E-state index contributed by atoms with van der Waals surface area (Å²) in [6.45, 7) is 4.51. The molecule has 2 heterocycles. The van der Waals surface area contributed by atoms with Gasteiger partial charge in [0.25, 0.3) is 0 Å². The third kappa shape index (κ3) is 6.92. The van der Waals surface area contributed by atoms with E-state index in [2.05, 4.69) is 17.2 Å². The summed E-state index contributed by atoms with van der Waals surface area (Å²) in [4.78, 5) is 32.0. The quantitative estimate of drug-likeness (QED) is 0.639. The average molecular weight is 430 g/mol. The molecule has 3 rings (SSSR count). The Morgan fingerprint density at radius 2 is 1.87 bits per heavy atom. The molecule has 0 radical (unpaired) electrons. The Labute approximate surface area is 185 Å². The van der Waals surface area contributed by atoms with Gasteiger partial charge in [-0.1, -0.05) is 37.3 Å². The van der Waals surface area contributed by atoms with Crippen molar-refractivity contribution in [1.29, 1.82) is 0 Å². The highest BCUT2D eigenvalue weighted by molar-refractivity contribution is 5.98. The lowest BCUT2D eigenvalue weighted by Gasteiger charge is -2.31. The standard InChI is InChI=1S/C24H31N3O2.ClH/c1-2-19-8-10-20(11-9-19)23(28)12-13-24(29)27(18-21-6-3-4-16-26-21)22-7-5-15-25-17-14-22;/h3-4,6,8-11,16,22,25H,2,5,7,12-15,17-18H2,1H3;1H. The van der Waals surface area contributed by atoms with Crippen LogP contribution in [0.3, 0.4) is 0 Å². The first kappa shape index (κ1) is 24.0. The maximum Gasteiger partial charge on any atom is 0.223 e. The van der Waals surface area contributed by atoms with Gasteiger partial charge in [0.1, 0.15) is 0 Å². The van der Waals surface area contributed by atoms with Crippen molar-refractivity contribution < 1.29 is 9.59 Å². The number of aryl methyl sites for hydroxylation is 1. The molecule has 6 heteroatoms. The number of rotatable bonds is 8. The van der Waals surface area contributed by atoms with E-state index in [-0.39, 0.29) is 43.0 Å². The summed E-state index contributed by atoms with van der Waals surface area (Å²) in [6, 6.07) is 13.7. The number of halogens is 1. The number of hydrogen-bond donors (Lipinski definition) is 1. The second-order valence-corrected chi connectivity index (χ2v) is 7.65. The lowest BCUT2D eigenvalue weighted by atomic mass is 10.0. The highest BCUT2D eigenvalue weighted by Crippen LogP contribution is 2.19. The van der Waals surface area contributed by atoms with Gasteiger partial charge in [-0.15, -0.1) is 12.4 Å². The molecule has 1 aliphatic heterocycles. The van der Waals surface area contributed by atoms with Crippen molar-refractivity contribution >= 4 is 24.1 Å². The fourth-order valence-electron chi connectivity index (χ4n) is 3.83.